The maximum absolute atomic E-state index is 12.8. The lowest BCUT2D eigenvalue weighted by Gasteiger charge is -2.14. The smallest absolute Gasteiger partial charge is 0.124 e. The highest BCUT2D eigenvalue weighted by Crippen LogP contribution is 2.35. The Morgan fingerprint density at radius 2 is 2.20 bits per heavy atom. The van der Waals surface area contributed by atoms with Crippen LogP contribution in [0.3, 0.4) is 0 Å². The van der Waals surface area contributed by atoms with Crippen molar-refractivity contribution in [3.8, 4) is 0 Å². The first-order valence-corrected chi connectivity index (χ1v) is 6.54. The van der Waals surface area contributed by atoms with Gasteiger partial charge in [0.1, 0.15) is 5.82 Å². The van der Waals surface area contributed by atoms with Crippen molar-refractivity contribution in [2.45, 2.75) is 30.5 Å². The van der Waals surface area contributed by atoms with Crippen molar-refractivity contribution in [2.75, 3.05) is 0 Å². The first-order valence-electron chi connectivity index (χ1n) is 5.25. The SMILES string of the molecule is Fc1ccc(CC2CCCC2Br)c(Cl)c1. The van der Waals surface area contributed by atoms with E-state index in [4.69, 9.17) is 11.6 Å². The number of benzene rings is 1. The van der Waals surface area contributed by atoms with Crippen molar-refractivity contribution in [1.82, 2.24) is 0 Å². The van der Waals surface area contributed by atoms with Crippen molar-refractivity contribution in [3.05, 3.63) is 34.6 Å². The summed E-state index contributed by atoms with van der Waals surface area (Å²) in [5.74, 6) is 0.388. The highest BCUT2D eigenvalue weighted by atomic mass is 79.9. The van der Waals surface area contributed by atoms with Crippen LogP contribution >= 0.6 is 27.5 Å². The Morgan fingerprint density at radius 1 is 1.40 bits per heavy atom. The molecule has 0 radical (unpaired) electrons. The average Bonchev–Trinajstić information content (AvgIpc) is 2.57. The van der Waals surface area contributed by atoms with E-state index in [9.17, 15) is 4.39 Å². The van der Waals surface area contributed by atoms with Crippen LogP contribution in [-0.4, -0.2) is 4.83 Å². The van der Waals surface area contributed by atoms with Crippen LogP contribution < -0.4 is 0 Å². The van der Waals surface area contributed by atoms with Gasteiger partial charge in [0.15, 0.2) is 0 Å². The lowest BCUT2D eigenvalue weighted by atomic mass is 9.98. The molecule has 1 aliphatic rings. The van der Waals surface area contributed by atoms with Crippen LogP contribution in [0.5, 0.6) is 0 Å². The maximum atomic E-state index is 12.8. The summed E-state index contributed by atoms with van der Waals surface area (Å²) >= 11 is 9.68. The molecule has 0 bridgehead atoms. The highest BCUT2D eigenvalue weighted by molar-refractivity contribution is 9.09. The zero-order valence-corrected chi connectivity index (χ0v) is 10.7. The van der Waals surface area contributed by atoms with Gasteiger partial charge in [-0.2, -0.15) is 0 Å². The van der Waals surface area contributed by atoms with E-state index in [1.807, 2.05) is 0 Å². The van der Waals surface area contributed by atoms with Gasteiger partial charge in [0.05, 0.1) is 0 Å². The zero-order valence-electron chi connectivity index (χ0n) is 8.35. The molecule has 2 rings (SSSR count). The molecule has 2 atom stereocenters. The molecule has 3 heteroatoms. The van der Waals surface area contributed by atoms with E-state index in [2.05, 4.69) is 15.9 Å². The minimum Gasteiger partial charge on any atom is -0.207 e. The summed E-state index contributed by atoms with van der Waals surface area (Å²) < 4.78 is 12.8. The molecule has 1 fully saturated rings. The van der Waals surface area contributed by atoms with Crippen LogP contribution in [-0.2, 0) is 6.42 Å². The number of alkyl halides is 1. The third kappa shape index (κ3) is 2.73. The summed E-state index contributed by atoms with van der Waals surface area (Å²) in [5, 5.41) is 0.557. The van der Waals surface area contributed by atoms with Crippen molar-refractivity contribution in [3.63, 3.8) is 0 Å². The van der Waals surface area contributed by atoms with Gasteiger partial charge < -0.3 is 0 Å². The fourth-order valence-electron chi connectivity index (χ4n) is 2.19. The second-order valence-electron chi connectivity index (χ2n) is 4.15. The van der Waals surface area contributed by atoms with Crippen LogP contribution in [0.4, 0.5) is 4.39 Å². The van der Waals surface area contributed by atoms with Crippen LogP contribution in [0.2, 0.25) is 5.02 Å². The van der Waals surface area contributed by atoms with E-state index >= 15 is 0 Å². The first-order chi connectivity index (χ1) is 7.16. The third-order valence-electron chi connectivity index (χ3n) is 3.06. The molecule has 2 unspecified atom stereocenters. The Bertz CT molecular complexity index is 353. The molecule has 0 amide bonds. The topological polar surface area (TPSA) is 0 Å². The van der Waals surface area contributed by atoms with Crippen molar-refractivity contribution >= 4 is 27.5 Å². The van der Waals surface area contributed by atoms with Gasteiger partial charge in [-0.1, -0.05) is 40.0 Å². The molecular formula is C12H13BrClF. The van der Waals surface area contributed by atoms with Gasteiger partial charge in [-0.25, -0.2) is 4.39 Å². The molecule has 0 spiro atoms. The minimum absolute atomic E-state index is 0.259. The Kier molecular flexibility index (Phi) is 3.68. The summed E-state index contributed by atoms with van der Waals surface area (Å²) in [6, 6.07) is 4.68. The van der Waals surface area contributed by atoms with Gasteiger partial charge in [-0.05, 0) is 42.9 Å². The monoisotopic (exact) mass is 290 g/mol. The summed E-state index contributed by atoms with van der Waals surface area (Å²) in [6.07, 6.45) is 4.71. The Morgan fingerprint density at radius 3 is 2.80 bits per heavy atom. The van der Waals surface area contributed by atoms with E-state index in [1.165, 1.54) is 31.4 Å². The van der Waals surface area contributed by atoms with Crippen LogP contribution in [0.1, 0.15) is 24.8 Å². The van der Waals surface area contributed by atoms with Gasteiger partial charge in [-0.3, -0.25) is 0 Å². The predicted molar refractivity (Wildman–Crippen MR) is 65.2 cm³/mol. The molecule has 1 aromatic carbocycles. The fourth-order valence-corrected chi connectivity index (χ4v) is 3.21. The zero-order chi connectivity index (χ0) is 10.8. The molecule has 15 heavy (non-hydrogen) atoms. The van der Waals surface area contributed by atoms with E-state index in [0.29, 0.717) is 15.8 Å². The second kappa shape index (κ2) is 4.84. The number of hydrogen-bond acceptors (Lipinski definition) is 0. The van der Waals surface area contributed by atoms with E-state index in [-0.39, 0.29) is 5.82 Å². The van der Waals surface area contributed by atoms with Gasteiger partial charge in [0, 0.05) is 9.85 Å². The molecular weight excluding hydrogens is 278 g/mol. The van der Waals surface area contributed by atoms with E-state index in [1.54, 1.807) is 6.07 Å². The molecule has 0 N–H and O–H groups in total. The normalized spacial score (nSPS) is 25.8. The van der Waals surface area contributed by atoms with E-state index < -0.39 is 0 Å². The fraction of sp³-hybridized carbons (Fsp3) is 0.500. The van der Waals surface area contributed by atoms with Gasteiger partial charge in [0.25, 0.3) is 0 Å². The Labute approximate surface area is 103 Å². The van der Waals surface area contributed by atoms with Crippen LogP contribution in [0.25, 0.3) is 0 Å². The molecule has 0 aliphatic heterocycles. The molecule has 1 saturated carbocycles. The largest absolute Gasteiger partial charge is 0.207 e. The van der Waals surface area contributed by atoms with Crippen molar-refractivity contribution < 1.29 is 4.39 Å². The number of rotatable bonds is 2. The molecule has 0 heterocycles. The van der Waals surface area contributed by atoms with Gasteiger partial charge >= 0.3 is 0 Å². The lowest BCUT2D eigenvalue weighted by molar-refractivity contribution is 0.561. The molecule has 0 nitrogen and oxygen atoms in total. The standard InChI is InChI=1S/C12H13BrClF/c13-11-3-1-2-8(11)6-9-4-5-10(15)7-12(9)14/h4-5,7-8,11H,1-3,6H2. The molecule has 1 aliphatic carbocycles. The Balaban J connectivity index is 2.10. The van der Waals surface area contributed by atoms with Crippen LogP contribution in [0.15, 0.2) is 18.2 Å². The number of halogens is 3. The molecule has 1 aromatic rings. The van der Waals surface area contributed by atoms with Crippen LogP contribution in [0, 0.1) is 11.7 Å². The van der Waals surface area contributed by atoms with Gasteiger partial charge in [0.2, 0.25) is 0 Å². The first kappa shape index (κ1) is 11.4. The highest BCUT2D eigenvalue weighted by Gasteiger charge is 2.25. The summed E-state index contributed by atoms with van der Waals surface area (Å²) in [7, 11) is 0. The summed E-state index contributed by atoms with van der Waals surface area (Å²) in [4.78, 5) is 0.596. The Hall–Kier alpha value is -0.0800. The minimum atomic E-state index is -0.259. The number of hydrogen-bond donors (Lipinski definition) is 0. The van der Waals surface area contributed by atoms with Crippen molar-refractivity contribution in [1.29, 1.82) is 0 Å². The summed E-state index contributed by atoms with van der Waals surface area (Å²) in [5.41, 5.74) is 1.06. The molecule has 0 aromatic heterocycles. The summed E-state index contributed by atoms with van der Waals surface area (Å²) in [6.45, 7) is 0. The lowest BCUT2D eigenvalue weighted by Crippen LogP contribution is -2.10. The quantitative estimate of drug-likeness (QED) is 0.699. The maximum Gasteiger partial charge on any atom is 0.124 e. The van der Waals surface area contributed by atoms with Crippen molar-refractivity contribution in [2.24, 2.45) is 5.92 Å². The van der Waals surface area contributed by atoms with Gasteiger partial charge in [-0.15, -0.1) is 0 Å². The third-order valence-corrected chi connectivity index (χ3v) is 4.62. The average molecular weight is 292 g/mol. The molecule has 82 valence electrons. The predicted octanol–water partition coefficient (Wildman–Crippen LogP) is 4.59. The second-order valence-corrected chi connectivity index (χ2v) is 5.73. The molecule has 0 saturated heterocycles. The van der Waals surface area contributed by atoms with E-state index in [0.717, 1.165) is 12.0 Å².